The topological polar surface area (TPSA) is 213 Å². The number of unbranched alkanes of at least 4 members (excludes halogenated alkanes) is 1. The molecule has 1 saturated heterocycles. The van der Waals surface area contributed by atoms with E-state index in [4.69, 9.17) is 9.47 Å². The van der Waals surface area contributed by atoms with E-state index in [0.717, 1.165) is 19.3 Å². The van der Waals surface area contributed by atoms with Crippen LogP contribution in [0.25, 0.3) is 0 Å². The molecule has 16 nitrogen and oxygen atoms in total. The Balaban J connectivity index is 1.51. The molecule has 0 aliphatic carbocycles. The number of nitrogens with zero attached hydrogens (tertiary/aromatic N) is 1. The van der Waals surface area contributed by atoms with Crippen LogP contribution in [0.3, 0.4) is 0 Å². The van der Waals surface area contributed by atoms with Gasteiger partial charge in [0.25, 0.3) is 11.8 Å². The third kappa shape index (κ3) is 19.5. The van der Waals surface area contributed by atoms with Crippen molar-refractivity contribution in [1.29, 1.82) is 0 Å². The summed E-state index contributed by atoms with van der Waals surface area (Å²) in [4.78, 5) is 89.4. The quantitative estimate of drug-likeness (QED) is 0.0787. The molecule has 3 rings (SSSR count). The van der Waals surface area contributed by atoms with Crippen molar-refractivity contribution in [3.63, 3.8) is 0 Å². The van der Waals surface area contributed by atoms with Gasteiger partial charge in [0, 0.05) is 66.1 Å². The van der Waals surface area contributed by atoms with Crippen molar-refractivity contribution in [2.24, 2.45) is 0 Å². The van der Waals surface area contributed by atoms with Crippen LogP contribution in [0, 0.1) is 0 Å². The van der Waals surface area contributed by atoms with E-state index >= 15 is 0 Å². The van der Waals surface area contributed by atoms with Crippen LogP contribution in [0.1, 0.15) is 94.4 Å². The van der Waals surface area contributed by atoms with Crippen molar-refractivity contribution in [2.45, 2.75) is 90.1 Å². The highest BCUT2D eigenvalue weighted by Crippen LogP contribution is 2.39. The number of ether oxygens (including phenoxy) is 2. The number of carbonyl (C=O) groups is 7. The lowest BCUT2D eigenvalue weighted by Crippen LogP contribution is -2.47. The Bertz CT molecular complexity index is 1620. The molecule has 7 amide bonds. The third-order valence-electron chi connectivity index (χ3n) is 8.06. The van der Waals surface area contributed by atoms with Gasteiger partial charge in [-0.1, -0.05) is 28.0 Å². The lowest BCUT2D eigenvalue weighted by molar-refractivity contribution is -0.132. The van der Waals surface area contributed by atoms with Crippen molar-refractivity contribution in [2.75, 3.05) is 55.7 Å². The number of nitrogens with one attached hydrogen (secondary N) is 6. The summed E-state index contributed by atoms with van der Waals surface area (Å²) < 4.78 is 10.5. The zero-order chi connectivity index (χ0) is 42.7. The van der Waals surface area contributed by atoms with Crippen LogP contribution in [0.4, 0.5) is 21.0 Å². The fraction of sp³-hybridized carbons (Fsp3) is 0.525. The zero-order valence-electron chi connectivity index (χ0n) is 34.1. The maximum absolute atomic E-state index is 13.3. The van der Waals surface area contributed by atoms with E-state index in [1.807, 2.05) is 21.6 Å². The van der Waals surface area contributed by atoms with Crippen LogP contribution < -0.4 is 31.9 Å². The fourth-order valence-electron chi connectivity index (χ4n) is 5.26. The lowest BCUT2D eigenvalue weighted by Gasteiger charge is -2.23. The number of rotatable bonds is 19. The van der Waals surface area contributed by atoms with Crippen molar-refractivity contribution in [3.8, 4) is 0 Å². The monoisotopic (exact) mass is 843 g/mol. The van der Waals surface area contributed by atoms with Gasteiger partial charge in [0.2, 0.25) is 17.7 Å². The minimum absolute atomic E-state index is 0.0464. The van der Waals surface area contributed by atoms with E-state index in [1.54, 1.807) is 65.8 Å². The highest BCUT2D eigenvalue weighted by Gasteiger charge is 2.20. The zero-order valence-corrected chi connectivity index (χ0v) is 35.8. The van der Waals surface area contributed by atoms with Crippen LogP contribution in [0.2, 0.25) is 0 Å². The molecule has 1 atom stereocenters. The second-order valence-corrected chi connectivity index (χ2v) is 18.2. The Morgan fingerprint density at radius 3 is 1.59 bits per heavy atom. The van der Waals surface area contributed by atoms with Crippen LogP contribution in [-0.2, 0) is 23.9 Å². The van der Waals surface area contributed by atoms with Gasteiger partial charge in [0.1, 0.15) is 11.2 Å². The molecular formula is C40H57N7O9S2. The van der Waals surface area contributed by atoms with Crippen LogP contribution in [0.15, 0.2) is 48.5 Å². The minimum Gasteiger partial charge on any atom is -0.444 e. The van der Waals surface area contributed by atoms with Crippen molar-refractivity contribution in [3.05, 3.63) is 59.7 Å². The molecule has 2 aromatic carbocycles. The number of hydrogen-bond acceptors (Lipinski definition) is 11. The number of carbonyl (C=O) groups excluding carboxylic acids is 7. The Morgan fingerprint density at radius 1 is 0.655 bits per heavy atom. The standard InChI is InChI=1S/C40H57N7O9S2/c1-39(2,3)55-37(53)45-29-15-11-27(12-16-29)35(51)41-20-22-47(23-21-42-36(52)28-13-17-30(18-14-28)46-38(54)56-40(4,5)6)34(50)26-44-33(49)25-43-32(48)10-8-7-9-31-19-24-57-58-31/h11-18,31H,7-10,19-26H2,1-6H3,(H,41,51)(H,42,52)(H,43,48)(H,44,49)(H,45,53)(H,46,54). The number of amides is 7. The summed E-state index contributed by atoms with van der Waals surface area (Å²) in [6, 6.07) is 12.4. The maximum Gasteiger partial charge on any atom is 0.412 e. The van der Waals surface area contributed by atoms with Crippen molar-refractivity contribution < 1.29 is 43.0 Å². The smallest absolute Gasteiger partial charge is 0.412 e. The Kier molecular flexibility index (Phi) is 19.2. The Labute approximate surface area is 348 Å². The molecule has 1 aliphatic heterocycles. The summed E-state index contributed by atoms with van der Waals surface area (Å²) in [7, 11) is 3.79. The van der Waals surface area contributed by atoms with E-state index in [2.05, 4.69) is 31.9 Å². The average Bonchev–Trinajstić information content (AvgIpc) is 3.66. The molecule has 1 heterocycles. The third-order valence-corrected chi connectivity index (χ3v) is 11.1. The number of hydrogen-bond donors (Lipinski definition) is 6. The van der Waals surface area contributed by atoms with E-state index in [0.29, 0.717) is 34.2 Å². The van der Waals surface area contributed by atoms with Gasteiger partial charge < -0.3 is 35.6 Å². The van der Waals surface area contributed by atoms with Gasteiger partial charge in [-0.15, -0.1) is 0 Å². The second kappa shape index (κ2) is 23.4. The lowest BCUT2D eigenvalue weighted by atomic mass is 10.1. The highest BCUT2D eigenvalue weighted by atomic mass is 33.1. The summed E-state index contributed by atoms with van der Waals surface area (Å²) in [6.07, 6.45) is 3.02. The molecule has 58 heavy (non-hydrogen) atoms. The van der Waals surface area contributed by atoms with Gasteiger partial charge in [-0.25, -0.2) is 9.59 Å². The van der Waals surface area contributed by atoms with E-state index < -0.39 is 47.0 Å². The first-order valence-electron chi connectivity index (χ1n) is 19.2. The first-order chi connectivity index (χ1) is 27.4. The predicted octanol–water partition coefficient (Wildman–Crippen LogP) is 5.32. The van der Waals surface area contributed by atoms with Gasteiger partial charge >= 0.3 is 12.2 Å². The molecule has 0 aromatic heterocycles. The maximum atomic E-state index is 13.3. The largest absolute Gasteiger partial charge is 0.444 e. The summed E-state index contributed by atoms with van der Waals surface area (Å²) in [5.41, 5.74) is 0.161. The van der Waals surface area contributed by atoms with Crippen molar-refractivity contribution >= 4 is 74.7 Å². The number of anilines is 2. The fourth-order valence-corrected chi connectivity index (χ4v) is 8.29. The molecule has 1 unspecified atom stereocenters. The molecule has 18 heteroatoms. The Hall–Kier alpha value is -4.97. The molecule has 0 saturated carbocycles. The van der Waals surface area contributed by atoms with Crippen LogP contribution in [-0.4, -0.2) is 108 Å². The predicted molar refractivity (Wildman–Crippen MR) is 227 cm³/mol. The minimum atomic E-state index is -0.670. The summed E-state index contributed by atoms with van der Waals surface area (Å²) in [5.74, 6) is -0.909. The van der Waals surface area contributed by atoms with Crippen molar-refractivity contribution in [1.82, 2.24) is 26.2 Å². The molecular weight excluding hydrogens is 787 g/mol. The summed E-state index contributed by atoms with van der Waals surface area (Å²) in [6.45, 7) is 10.0. The normalized spacial score (nSPS) is 13.7. The summed E-state index contributed by atoms with van der Waals surface area (Å²) in [5, 5.41) is 16.5. The second-order valence-electron chi connectivity index (χ2n) is 15.4. The van der Waals surface area contributed by atoms with Gasteiger partial charge in [0.15, 0.2) is 0 Å². The molecule has 318 valence electrons. The highest BCUT2D eigenvalue weighted by molar-refractivity contribution is 8.77. The SMILES string of the molecule is CC(C)(C)OC(=O)Nc1ccc(C(=O)NCCN(CCNC(=O)c2ccc(NC(=O)OC(C)(C)C)cc2)C(=O)CNC(=O)CNC(=O)CCCCC2CCSS2)cc1. The first kappa shape index (κ1) is 47.4. The molecule has 0 radical (unpaired) electrons. The van der Waals surface area contributed by atoms with Gasteiger partial charge in [-0.2, -0.15) is 0 Å². The van der Waals surface area contributed by atoms with Gasteiger partial charge in [-0.3, -0.25) is 34.6 Å². The Morgan fingerprint density at radius 2 is 1.14 bits per heavy atom. The molecule has 2 aromatic rings. The summed E-state index contributed by atoms with van der Waals surface area (Å²) >= 11 is 0. The van der Waals surface area contributed by atoms with E-state index in [-0.39, 0.29) is 45.2 Å². The van der Waals surface area contributed by atoms with Gasteiger partial charge in [0.05, 0.1) is 13.1 Å². The molecule has 1 fully saturated rings. The molecule has 1 aliphatic rings. The van der Waals surface area contributed by atoms with Crippen LogP contribution in [0.5, 0.6) is 0 Å². The van der Waals surface area contributed by atoms with E-state index in [1.165, 1.54) is 41.3 Å². The van der Waals surface area contributed by atoms with E-state index in [9.17, 15) is 33.6 Å². The average molecular weight is 844 g/mol. The van der Waals surface area contributed by atoms with Gasteiger partial charge in [-0.05, 0) is 109 Å². The number of benzene rings is 2. The molecule has 0 spiro atoms. The van der Waals surface area contributed by atoms with Crippen LogP contribution >= 0.6 is 21.6 Å². The first-order valence-corrected chi connectivity index (χ1v) is 21.6. The molecule has 0 bridgehead atoms. The molecule has 6 N–H and O–H groups in total.